The molecule has 0 spiro atoms. The average molecular weight is 364 g/mol. The molecule has 6 nitrogen and oxygen atoms in total. The Kier molecular flexibility index (Phi) is 5.68. The van der Waals surface area contributed by atoms with E-state index in [-0.39, 0.29) is 41.3 Å². The Labute approximate surface area is 154 Å². The number of ether oxygens (including phenoxy) is 3. The molecule has 3 rings (SSSR count). The van der Waals surface area contributed by atoms with Gasteiger partial charge < -0.3 is 14.2 Å². The predicted octanol–water partition coefficient (Wildman–Crippen LogP) is 2.80. The summed E-state index contributed by atoms with van der Waals surface area (Å²) in [6, 6.07) is 0. The maximum absolute atomic E-state index is 12.3. The molecule has 2 saturated carbocycles. The zero-order valence-electron chi connectivity index (χ0n) is 15.6. The lowest BCUT2D eigenvalue weighted by Gasteiger charge is -2.31. The van der Waals surface area contributed by atoms with E-state index in [1.165, 1.54) is 19.8 Å². The van der Waals surface area contributed by atoms with Gasteiger partial charge in [0.1, 0.15) is 12.2 Å². The van der Waals surface area contributed by atoms with Crippen LogP contribution < -0.4 is 0 Å². The molecule has 2 aliphatic carbocycles. The number of hydrogen-bond donors (Lipinski definition) is 0. The molecule has 0 N–H and O–H groups in total. The summed E-state index contributed by atoms with van der Waals surface area (Å²) in [5.74, 6) is -0.794. The van der Waals surface area contributed by atoms with Gasteiger partial charge in [-0.15, -0.1) is 0 Å². The summed E-state index contributed by atoms with van der Waals surface area (Å²) in [4.78, 5) is 35.8. The maximum Gasteiger partial charge on any atom is 0.344 e. The van der Waals surface area contributed by atoms with Crippen molar-refractivity contribution in [3.63, 3.8) is 0 Å². The normalized spacial score (nSPS) is 33.8. The number of hydrogen-bond acceptors (Lipinski definition) is 6. The van der Waals surface area contributed by atoms with Crippen LogP contribution in [-0.4, -0.2) is 36.7 Å². The van der Waals surface area contributed by atoms with Crippen molar-refractivity contribution in [1.82, 2.24) is 0 Å². The third-order valence-electron chi connectivity index (χ3n) is 6.04. The SMILES string of the molecule is C=C(C)C(=O)OCC(=O)OC1C2CC3C1OC(=O)C3C2CCCCCC. The topological polar surface area (TPSA) is 78.9 Å². The van der Waals surface area contributed by atoms with Gasteiger partial charge in [-0.2, -0.15) is 0 Å². The summed E-state index contributed by atoms with van der Waals surface area (Å²) >= 11 is 0. The molecule has 6 atom stereocenters. The van der Waals surface area contributed by atoms with Gasteiger partial charge in [-0.3, -0.25) is 4.79 Å². The van der Waals surface area contributed by atoms with Crippen molar-refractivity contribution in [3.8, 4) is 0 Å². The first kappa shape index (κ1) is 18.9. The van der Waals surface area contributed by atoms with E-state index in [0.717, 1.165) is 25.7 Å². The summed E-state index contributed by atoms with van der Waals surface area (Å²) < 4.78 is 16.0. The second-order valence-electron chi connectivity index (χ2n) is 7.81. The summed E-state index contributed by atoms with van der Waals surface area (Å²) in [5, 5.41) is 0. The van der Waals surface area contributed by atoms with Gasteiger partial charge in [-0.1, -0.05) is 39.2 Å². The minimum absolute atomic E-state index is 0.0252. The molecule has 0 amide bonds. The van der Waals surface area contributed by atoms with Gasteiger partial charge in [0.15, 0.2) is 6.61 Å². The molecular formula is C20H28O6. The van der Waals surface area contributed by atoms with Crippen molar-refractivity contribution in [2.75, 3.05) is 6.61 Å². The monoisotopic (exact) mass is 364 g/mol. The summed E-state index contributed by atoms with van der Waals surface area (Å²) in [5.41, 5.74) is 0.234. The third-order valence-corrected chi connectivity index (χ3v) is 6.04. The van der Waals surface area contributed by atoms with Gasteiger partial charge >= 0.3 is 17.9 Å². The smallest absolute Gasteiger partial charge is 0.344 e. The molecule has 144 valence electrons. The number of rotatable bonds is 9. The van der Waals surface area contributed by atoms with Crippen molar-refractivity contribution in [1.29, 1.82) is 0 Å². The highest BCUT2D eigenvalue weighted by atomic mass is 16.6. The van der Waals surface area contributed by atoms with E-state index in [0.29, 0.717) is 0 Å². The van der Waals surface area contributed by atoms with Crippen LogP contribution >= 0.6 is 0 Å². The Morgan fingerprint density at radius 1 is 1.23 bits per heavy atom. The minimum atomic E-state index is -0.615. The van der Waals surface area contributed by atoms with Crippen LogP contribution in [0.4, 0.5) is 0 Å². The molecule has 26 heavy (non-hydrogen) atoms. The van der Waals surface area contributed by atoms with Crippen LogP contribution in [-0.2, 0) is 28.6 Å². The van der Waals surface area contributed by atoms with Gasteiger partial charge in [0.05, 0.1) is 5.92 Å². The molecular weight excluding hydrogens is 336 g/mol. The number of fused-ring (bicyclic) bond motifs is 1. The number of carbonyl (C=O) groups is 3. The molecule has 1 heterocycles. The predicted molar refractivity (Wildman–Crippen MR) is 92.9 cm³/mol. The molecule has 3 fully saturated rings. The molecule has 0 aromatic heterocycles. The van der Waals surface area contributed by atoms with Crippen molar-refractivity contribution >= 4 is 17.9 Å². The fourth-order valence-corrected chi connectivity index (χ4v) is 4.93. The van der Waals surface area contributed by atoms with Crippen LogP contribution in [0.25, 0.3) is 0 Å². The second-order valence-corrected chi connectivity index (χ2v) is 7.81. The summed E-state index contributed by atoms with van der Waals surface area (Å²) in [7, 11) is 0. The molecule has 3 aliphatic rings. The zero-order chi connectivity index (χ0) is 18.8. The van der Waals surface area contributed by atoms with E-state index in [1.54, 1.807) is 0 Å². The summed E-state index contributed by atoms with van der Waals surface area (Å²) in [6.07, 6.45) is 5.75. The standard InChI is InChI=1S/C20H28O6/c1-4-5-6-7-8-12-13-9-14-16(12)20(23)26-18(14)17(13)25-15(21)10-24-19(22)11(2)3/h12-14,16-18H,2,4-10H2,1,3H3. The number of esters is 3. The van der Waals surface area contributed by atoms with Crippen LogP contribution in [0, 0.1) is 23.7 Å². The van der Waals surface area contributed by atoms with Crippen LogP contribution in [0.1, 0.15) is 52.4 Å². The molecule has 1 saturated heterocycles. The fourth-order valence-electron chi connectivity index (χ4n) is 4.93. The highest BCUT2D eigenvalue weighted by Crippen LogP contribution is 2.59. The quantitative estimate of drug-likeness (QED) is 0.271. The van der Waals surface area contributed by atoms with Crippen molar-refractivity contribution in [3.05, 3.63) is 12.2 Å². The molecule has 6 unspecified atom stereocenters. The van der Waals surface area contributed by atoms with E-state index >= 15 is 0 Å². The van der Waals surface area contributed by atoms with Gasteiger partial charge in [0.25, 0.3) is 0 Å². The van der Waals surface area contributed by atoms with E-state index in [1.807, 2.05) is 0 Å². The molecule has 0 aromatic rings. The first-order chi connectivity index (χ1) is 12.4. The van der Waals surface area contributed by atoms with Gasteiger partial charge in [-0.25, -0.2) is 9.59 Å². The fraction of sp³-hybridized carbons (Fsp3) is 0.750. The Bertz CT molecular complexity index is 597. The minimum Gasteiger partial charge on any atom is -0.458 e. The Balaban J connectivity index is 1.58. The van der Waals surface area contributed by atoms with Crippen LogP contribution in [0.3, 0.4) is 0 Å². The molecule has 0 radical (unpaired) electrons. The average Bonchev–Trinajstić information content (AvgIpc) is 3.20. The zero-order valence-corrected chi connectivity index (χ0v) is 15.6. The molecule has 2 bridgehead atoms. The van der Waals surface area contributed by atoms with E-state index in [2.05, 4.69) is 13.5 Å². The van der Waals surface area contributed by atoms with E-state index in [4.69, 9.17) is 14.2 Å². The highest BCUT2D eigenvalue weighted by molar-refractivity contribution is 5.88. The Morgan fingerprint density at radius 2 is 2.00 bits per heavy atom. The van der Waals surface area contributed by atoms with Crippen molar-refractivity contribution in [2.45, 2.75) is 64.6 Å². The largest absolute Gasteiger partial charge is 0.458 e. The number of unbranched alkanes of at least 4 members (excludes halogenated alkanes) is 3. The Morgan fingerprint density at radius 3 is 2.69 bits per heavy atom. The summed E-state index contributed by atoms with van der Waals surface area (Å²) in [6.45, 7) is 6.73. The molecule has 6 heteroatoms. The van der Waals surface area contributed by atoms with Gasteiger partial charge in [0, 0.05) is 17.4 Å². The first-order valence-corrected chi connectivity index (χ1v) is 9.66. The lowest BCUT2D eigenvalue weighted by Crippen LogP contribution is -2.41. The second kappa shape index (κ2) is 7.80. The van der Waals surface area contributed by atoms with Crippen LogP contribution in [0.15, 0.2) is 12.2 Å². The Hall–Kier alpha value is -1.85. The van der Waals surface area contributed by atoms with Crippen LogP contribution in [0.2, 0.25) is 0 Å². The van der Waals surface area contributed by atoms with E-state index < -0.39 is 24.6 Å². The lowest BCUT2D eigenvalue weighted by molar-refractivity contribution is -0.169. The van der Waals surface area contributed by atoms with Gasteiger partial charge in [0.2, 0.25) is 0 Å². The molecule has 1 aliphatic heterocycles. The maximum atomic E-state index is 12.3. The van der Waals surface area contributed by atoms with Gasteiger partial charge in [-0.05, 0) is 25.7 Å². The molecule has 0 aromatic carbocycles. The van der Waals surface area contributed by atoms with Crippen molar-refractivity contribution < 1.29 is 28.6 Å². The first-order valence-electron chi connectivity index (χ1n) is 9.66. The highest BCUT2D eigenvalue weighted by Gasteiger charge is 2.67. The lowest BCUT2D eigenvalue weighted by atomic mass is 9.76. The van der Waals surface area contributed by atoms with Crippen LogP contribution in [0.5, 0.6) is 0 Å². The van der Waals surface area contributed by atoms with E-state index in [9.17, 15) is 14.4 Å². The van der Waals surface area contributed by atoms with Crippen molar-refractivity contribution in [2.24, 2.45) is 23.7 Å². The number of carbonyl (C=O) groups excluding carboxylic acids is 3. The third kappa shape index (κ3) is 3.51.